The lowest BCUT2D eigenvalue weighted by molar-refractivity contribution is -0.135. The van der Waals surface area contributed by atoms with Crippen molar-refractivity contribution in [3.05, 3.63) is 96.1 Å². The highest BCUT2D eigenvalue weighted by atomic mass is 16.2. The molecule has 170 valence electrons. The number of carbonyl (C=O) groups is 3. The van der Waals surface area contributed by atoms with E-state index in [9.17, 15) is 14.4 Å². The van der Waals surface area contributed by atoms with Gasteiger partial charge in [-0.05, 0) is 52.6 Å². The predicted molar refractivity (Wildman–Crippen MR) is 132 cm³/mol. The minimum absolute atomic E-state index is 0.286. The standard InChI is InChI=1S/C28H25N3O3/c1-18(23-13-7-11-20-9-5-6-12-24(20)23)29-25(32)17-31-26(33)28(2,30-27(31)34)22-15-14-19-8-3-4-10-21(19)16-22/h3-16,18H,17H2,1-2H3,(H,29,32)(H,30,34). The number of imide groups is 1. The van der Waals surface area contributed by atoms with Crippen LogP contribution < -0.4 is 10.6 Å². The van der Waals surface area contributed by atoms with Gasteiger partial charge in [0.05, 0.1) is 6.04 Å². The highest BCUT2D eigenvalue weighted by molar-refractivity contribution is 6.09. The van der Waals surface area contributed by atoms with Gasteiger partial charge in [-0.25, -0.2) is 4.79 Å². The van der Waals surface area contributed by atoms with Gasteiger partial charge in [0.2, 0.25) is 5.91 Å². The van der Waals surface area contributed by atoms with Crippen LogP contribution in [-0.4, -0.2) is 29.3 Å². The van der Waals surface area contributed by atoms with Crippen LogP contribution >= 0.6 is 0 Å². The molecule has 2 unspecified atom stereocenters. The van der Waals surface area contributed by atoms with E-state index in [4.69, 9.17) is 0 Å². The molecule has 1 aliphatic rings. The lowest BCUT2D eigenvalue weighted by Gasteiger charge is -2.23. The Bertz CT molecular complexity index is 1440. The average Bonchev–Trinajstić information content (AvgIpc) is 3.07. The molecular weight excluding hydrogens is 426 g/mol. The van der Waals surface area contributed by atoms with Gasteiger partial charge in [0.25, 0.3) is 5.91 Å². The summed E-state index contributed by atoms with van der Waals surface area (Å²) in [6, 6.07) is 26.5. The zero-order valence-electron chi connectivity index (χ0n) is 19.0. The third-order valence-corrected chi connectivity index (χ3v) is 6.57. The molecule has 0 radical (unpaired) electrons. The fraction of sp³-hybridized carbons (Fsp3) is 0.179. The predicted octanol–water partition coefficient (Wildman–Crippen LogP) is 4.64. The molecule has 1 saturated heterocycles. The maximum Gasteiger partial charge on any atom is 0.325 e. The highest BCUT2D eigenvalue weighted by Crippen LogP contribution is 2.31. The van der Waals surface area contributed by atoms with E-state index in [1.807, 2.05) is 91.9 Å². The van der Waals surface area contributed by atoms with Crippen molar-refractivity contribution in [1.82, 2.24) is 15.5 Å². The largest absolute Gasteiger partial charge is 0.348 e. The highest BCUT2D eigenvalue weighted by Gasteiger charge is 2.49. The number of rotatable bonds is 5. The third kappa shape index (κ3) is 3.67. The van der Waals surface area contributed by atoms with Crippen molar-refractivity contribution in [3.63, 3.8) is 0 Å². The van der Waals surface area contributed by atoms with Crippen LogP contribution in [0.4, 0.5) is 4.79 Å². The Morgan fingerprint density at radius 2 is 1.59 bits per heavy atom. The number of nitrogens with one attached hydrogen (secondary N) is 2. The first kappa shape index (κ1) is 21.6. The van der Waals surface area contributed by atoms with Crippen molar-refractivity contribution in [1.29, 1.82) is 0 Å². The molecule has 1 fully saturated rings. The van der Waals surface area contributed by atoms with Gasteiger partial charge < -0.3 is 10.6 Å². The first-order chi connectivity index (χ1) is 16.4. The summed E-state index contributed by atoms with van der Waals surface area (Å²) >= 11 is 0. The molecule has 2 atom stereocenters. The van der Waals surface area contributed by atoms with Crippen molar-refractivity contribution in [3.8, 4) is 0 Å². The molecule has 34 heavy (non-hydrogen) atoms. The molecule has 1 heterocycles. The zero-order chi connectivity index (χ0) is 23.9. The minimum Gasteiger partial charge on any atom is -0.348 e. The van der Waals surface area contributed by atoms with Crippen LogP contribution in [0.5, 0.6) is 0 Å². The van der Waals surface area contributed by atoms with Crippen LogP contribution in [0.25, 0.3) is 21.5 Å². The van der Waals surface area contributed by atoms with Crippen molar-refractivity contribution >= 4 is 39.4 Å². The van der Waals surface area contributed by atoms with Crippen LogP contribution in [0.3, 0.4) is 0 Å². The molecule has 0 spiro atoms. The van der Waals surface area contributed by atoms with Gasteiger partial charge in [-0.2, -0.15) is 0 Å². The summed E-state index contributed by atoms with van der Waals surface area (Å²) in [5, 5.41) is 9.88. The number of fused-ring (bicyclic) bond motifs is 2. The molecule has 0 aliphatic carbocycles. The number of benzene rings is 4. The van der Waals surface area contributed by atoms with Crippen molar-refractivity contribution in [2.75, 3.05) is 6.54 Å². The van der Waals surface area contributed by atoms with E-state index in [0.29, 0.717) is 5.56 Å². The lowest BCUT2D eigenvalue weighted by atomic mass is 9.90. The Morgan fingerprint density at radius 3 is 2.38 bits per heavy atom. The summed E-state index contributed by atoms with van der Waals surface area (Å²) in [5.41, 5.74) is 0.420. The molecule has 4 aromatic carbocycles. The molecule has 4 aromatic rings. The second kappa shape index (κ2) is 8.30. The molecule has 6 nitrogen and oxygen atoms in total. The van der Waals surface area contributed by atoms with Gasteiger partial charge in [-0.15, -0.1) is 0 Å². The van der Waals surface area contributed by atoms with Crippen LogP contribution in [0.1, 0.15) is 31.0 Å². The number of amides is 4. The van der Waals surface area contributed by atoms with E-state index < -0.39 is 23.4 Å². The van der Waals surface area contributed by atoms with Gasteiger partial charge in [0.15, 0.2) is 0 Å². The number of carbonyl (C=O) groups excluding carboxylic acids is 3. The van der Waals surface area contributed by atoms with Crippen molar-refractivity contribution < 1.29 is 14.4 Å². The average molecular weight is 452 g/mol. The normalized spacial score (nSPS) is 18.8. The van der Waals surface area contributed by atoms with E-state index in [-0.39, 0.29) is 12.6 Å². The van der Waals surface area contributed by atoms with Gasteiger partial charge in [-0.1, -0.05) is 78.9 Å². The summed E-state index contributed by atoms with van der Waals surface area (Å²) < 4.78 is 0. The first-order valence-electron chi connectivity index (χ1n) is 11.3. The summed E-state index contributed by atoms with van der Waals surface area (Å²) in [7, 11) is 0. The molecular formula is C28H25N3O3. The van der Waals surface area contributed by atoms with Crippen molar-refractivity contribution in [2.24, 2.45) is 0 Å². The smallest absolute Gasteiger partial charge is 0.325 e. The Morgan fingerprint density at radius 1 is 0.912 bits per heavy atom. The topological polar surface area (TPSA) is 78.5 Å². The fourth-order valence-corrected chi connectivity index (χ4v) is 4.67. The summed E-state index contributed by atoms with van der Waals surface area (Å²) in [5.74, 6) is -0.840. The molecule has 0 saturated carbocycles. The fourth-order valence-electron chi connectivity index (χ4n) is 4.67. The molecule has 4 amide bonds. The molecule has 0 aromatic heterocycles. The Labute approximate surface area is 197 Å². The number of hydrogen-bond acceptors (Lipinski definition) is 3. The zero-order valence-corrected chi connectivity index (χ0v) is 19.0. The minimum atomic E-state index is -1.23. The van der Waals surface area contributed by atoms with Gasteiger partial charge in [-0.3, -0.25) is 14.5 Å². The van der Waals surface area contributed by atoms with Crippen LogP contribution in [-0.2, 0) is 15.1 Å². The number of urea groups is 1. The molecule has 0 bridgehead atoms. The van der Waals surface area contributed by atoms with Crippen LogP contribution in [0.15, 0.2) is 84.9 Å². The second-order valence-electron chi connectivity index (χ2n) is 8.87. The number of hydrogen-bond donors (Lipinski definition) is 2. The quantitative estimate of drug-likeness (QED) is 0.434. The summed E-state index contributed by atoms with van der Waals surface area (Å²) in [6.07, 6.45) is 0. The molecule has 1 aliphatic heterocycles. The Hall–Kier alpha value is -4.19. The Balaban J connectivity index is 1.33. The van der Waals surface area contributed by atoms with E-state index in [1.165, 1.54) is 0 Å². The Kier molecular flexibility index (Phi) is 5.28. The molecule has 2 N–H and O–H groups in total. The van der Waals surface area contributed by atoms with Gasteiger partial charge in [0, 0.05) is 0 Å². The van der Waals surface area contributed by atoms with Gasteiger partial charge >= 0.3 is 6.03 Å². The first-order valence-corrected chi connectivity index (χ1v) is 11.3. The maximum atomic E-state index is 13.3. The number of nitrogens with zero attached hydrogens (tertiary/aromatic N) is 1. The third-order valence-electron chi connectivity index (χ3n) is 6.57. The SMILES string of the molecule is CC(NC(=O)CN1C(=O)NC(C)(c2ccc3ccccc3c2)C1=O)c1cccc2ccccc12. The van der Waals surface area contributed by atoms with E-state index in [2.05, 4.69) is 10.6 Å². The van der Waals surface area contributed by atoms with Crippen LogP contribution in [0, 0.1) is 0 Å². The van der Waals surface area contributed by atoms with Gasteiger partial charge in [0.1, 0.15) is 12.1 Å². The molecule has 6 heteroatoms. The van der Waals surface area contributed by atoms with E-state index in [0.717, 1.165) is 32.0 Å². The molecule has 5 rings (SSSR count). The summed E-state index contributed by atoms with van der Waals surface area (Å²) in [4.78, 5) is 39.9. The monoisotopic (exact) mass is 451 g/mol. The maximum absolute atomic E-state index is 13.3. The van der Waals surface area contributed by atoms with Crippen LogP contribution in [0.2, 0.25) is 0 Å². The van der Waals surface area contributed by atoms with E-state index >= 15 is 0 Å². The van der Waals surface area contributed by atoms with E-state index in [1.54, 1.807) is 6.92 Å². The lowest BCUT2D eigenvalue weighted by Crippen LogP contribution is -2.43. The second-order valence-corrected chi connectivity index (χ2v) is 8.87. The summed E-state index contributed by atoms with van der Waals surface area (Å²) in [6.45, 7) is 3.22. The van der Waals surface area contributed by atoms with Crippen molar-refractivity contribution in [2.45, 2.75) is 25.4 Å².